The smallest absolute Gasteiger partial charge is 0.264 e. The second kappa shape index (κ2) is 7.71. The lowest BCUT2D eigenvalue weighted by Crippen LogP contribution is -2.37. The number of hydrogen-bond donors (Lipinski definition) is 0. The molecule has 2 aromatic carbocycles. The van der Waals surface area contributed by atoms with E-state index in [1.54, 1.807) is 19.1 Å². The average Bonchev–Trinajstić information content (AvgIpc) is 3.34. The van der Waals surface area contributed by atoms with Gasteiger partial charge in [-0.05, 0) is 56.2 Å². The van der Waals surface area contributed by atoms with Crippen LogP contribution in [0.25, 0.3) is 16.7 Å². The van der Waals surface area contributed by atoms with Crippen molar-refractivity contribution in [3.8, 4) is 5.69 Å². The van der Waals surface area contributed by atoms with Crippen molar-refractivity contribution in [3.05, 3.63) is 82.3 Å². The summed E-state index contributed by atoms with van der Waals surface area (Å²) in [5.74, 6) is 0.126. The van der Waals surface area contributed by atoms with Gasteiger partial charge in [0.2, 0.25) is 5.91 Å². The Hall–Kier alpha value is -3.81. The summed E-state index contributed by atoms with van der Waals surface area (Å²) in [6.45, 7) is 4.01. The predicted octanol–water partition coefficient (Wildman–Crippen LogP) is 3.40. The zero-order valence-electron chi connectivity index (χ0n) is 17.8. The number of carbonyl (C=O) groups is 1. The Bertz CT molecular complexity index is 1390. The van der Waals surface area contributed by atoms with Crippen molar-refractivity contribution in [2.75, 3.05) is 4.90 Å². The lowest BCUT2D eigenvalue weighted by atomic mass is 10.1. The maximum atomic E-state index is 13.3. The molecule has 0 spiro atoms. The summed E-state index contributed by atoms with van der Waals surface area (Å²) in [6, 6.07) is 13.8. The molecule has 1 atom stereocenters. The Morgan fingerprint density at radius 2 is 1.91 bits per heavy atom. The largest absolute Gasteiger partial charge is 0.309 e. The van der Waals surface area contributed by atoms with Crippen molar-refractivity contribution in [2.45, 2.75) is 39.3 Å². The van der Waals surface area contributed by atoms with Crippen LogP contribution in [0.2, 0.25) is 0 Å². The van der Waals surface area contributed by atoms with Crippen molar-refractivity contribution in [3.63, 3.8) is 0 Å². The van der Waals surface area contributed by atoms with E-state index in [2.05, 4.69) is 10.1 Å². The molecule has 1 aliphatic rings. The van der Waals surface area contributed by atoms with Crippen molar-refractivity contribution in [1.29, 1.82) is 0 Å². The van der Waals surface area contributed by atoms with Crippen LogP contribution in [0.4, 0.5) is 10.1 Å². The number of aryl methyl sites for hydroxylation is 1. The number of para-hydroxylation sites is 1. The molecule has 0 bridgehead atoms. The van der Waals surface area contributed by atoms with Gasteiger partial charge >= 0.3 is 0 Å². The fourth-order valence-electron chi connectivity index (χ4n) is 4.41. The van der Waals surface area contributed by atoms with Gasteiger partial charge in [-0.25, -0.2) is 14.1 Å². The third-order valence-corrected chi connectivity index (χ3v) is 5.97. The maximum Gasteiger partial charge on any atom is 0.264 e. The average molecular weight is 431 g/mol. The molecular formula is C24H22FN5O2. The Morgan fingerprint density at radius 1 is 1.16 bits per heavy atom. The summed E-state index contributed by atoms with van der Waals surface area (Å²) in [7, 11) is 0. The summed E-state index contributed by atoms with van der Waals surface area (Å²) in [5.41, 5.74) is 2.89. The second-order valence-electron chi connectivity index (χ2n) is 8.08. The van der Waals surface area contributed by atoms with Crippen molar-refractivity contribution < 1.29 is 9.18 Å². The van der Waals surface area contributed by atoms with Crippen molar-refractivity contribution in [1.82, 2.24) is 19.3 Å². The Kier molecular flexibility index (Phi) is 4.84. The number of benzene rings is 2. The monoisotopic (exact) mass is 431 g/mol. The quantitative estimate of drug-likeness (QED) is 0.497. The lowest BCUT2D eigenvalue weighted by Gasteiger charge is -2.23. The van der Waals surface area contributed by atoms with Crippen LogP contribution < -0.4 is 10.5 Å². The van der Waals surface area contributed by atoms with Gasteiger partial charge in [0.05, 0.1) is 11.9 Å². The minimum Gasteiger partial charge on any atom is -0.309 e. The number of anilines is 1. The fraction of sp³-hybridized carbons (Fsp3) is 0.250. The van der Waals surface area contributed by atoms with Gasteiger partial charge in [-0.1, -0.05) is 18.2 Å². The van der Waals surface area contributed by atoms with Crippen LogP contribution in [0, 0.1) is 12.7 Å². The van der Waals surface area contributed by atoms with E-state index in [0.29, 0.717) is 22.5 Å². The molecule has 0 fully saturated rings. The summed E-state index contributed by atoms with van der Waals surface area (Å²) >= 11 is 0. The molecule has 7 nitrogen and oxygen atoms in total. The summed E-state index contributed by atoms with van der Waals surface area (Å²) in [5, 5.41) is 4.63. The Morgan fingerprint density at radius 3 is 2.69 bits per heavy atom. The summed E-state index contributed by atoms with van der Waals surface area (Å²) in [4.78, 5) is 32.6. The van der Waals surface area contributed by atoms with Crippen LogP contribution in [-0.4, -0.2) is 31.3 Å². The first-order chi connectivity index (χ1) is 15.4. The highest BCUT2D eigenvalue weighted by atomic mass is 19.1. The van der Waals surface area contributed by atoms with Crippen LogP contribution in [0.3, 0.4) is 0 Å². The molecule has 5 rings (SSSR count). The molecule has 0 radical (unpaired) electrons. The number of carbonyl (C=O) groups excluding carboxylic acids is 1. The highest BCUT2D eigenvalue weighted by Crippen LogP contribution is 2.32. The van der Waals surface area contributed by atoms with Gasteiger partial charge in [0.1, 0.15) is 17.0 Å². The standard InChI is InChI=1S/C24H22FN5O2/c1-15-13-17-5-3-4-6-21(17)29(15)22(31)11-12-28-16(2)27-23-20(24(28)32)14-26-30(23)19-9-7-18(25)8-10-19/h3-10,14-15H,11-13H2,1-2H3. The minimum absolute atomic E-state index is 0.0177. The first-order valence-corrected chi connectivity index (χ1v) is 10.5. The first kappa shape index (κ1) is 20.1. The van der Waals surface area contributed by atoms with Gasteiger partial charge in [-0.15, -0.1) is 0 Å². The molecule has 0 saturated carbocycles. The number of rotatable bonds is 4. The molecule has 2 aromatic heterocycles. The first-order valence-electron chi connectivity index (χ1n) is 10.5. The van der Waals surface area contributed by atoms with Gasteiger partial charge in [0.15, 0.2) is 5.65 Å². The predicted molar refractivity (Wildman–Crippen MR) is 120 cm³/mol. The van der Waals surface area contributed by atoms with E-state index in [9.17, 15) is 14.0 Å². The van der Waals surface area contributed by atoms with Crippen molar-refractivity contribution >= 4 is 22.6 Å². The lowest BCUT2D eigenvalue weighted by molar-refractivity contribution is -0.119. The normalized spacial score (nSPS) is 15.3. The molecular weight excluding hydrogens is 409 g/mol. The van der Waals surface area contributed by atoms with Crippen LogP contribution in [0.15, 0.2) is 59.5 Å². The molecule has 0 N–H and O–H groups in total. The van der Waals surface area contributed by atoms with Crippen molar-refractivity contribution in [2.24, 2.45) is 0 Å². The number of aromatic nitrogens is 4. The highest BCUT2D eigenvalue weighted by molar-refractivity contribution is 5.96. The molecule has 8 heteroatoms. The van der Waals surface area contributed by atoms with Crippen LogP contribution in [0.1, 0.15) is 24.7 Å². The summed E-state index contributed by atoms with van der Waals surface area (Å²) in [6.07, 6.45) is 2.49. The molecule has 162 valence electrons. The molecule has 0 aliphatic carbocycles. The van der Waals surface area contributed by atoms with Crippen LogP contribution in [0.5, 0.6) is 0 Å². The SMILES string of the molecule is Cc1nc2c(cnn2-c2ccc(F)cc2)c(=O)n1CCC(=O)N1c2ccccc2CC1C. The van der Waals surface area contributed by atoms with Gasteiger partial charge in [0, 0.05) is 24.7 Å². The molecule has 3 heterocycles. The fourth-order valence-corrected chi connectivity index (χ4v) is 4.41. The number of hydrogen-bond acceptors (Lipinski definition) is 4. The highest BCUT2D eigenvalue weighted by Gasteiger charge is 2.30. The Balaban J connectivity index is 1.42. The third kappa shape index (κ3) is 3.28. The van der Waals surface area contributed by atoms with E-state index in [4.69, 9.17) is 0 Å². The van der Waals surface area contributed by atoms with E-state index < -0.39 is 0 Å². The molecule has 1 unspecified atom stereocenters. The van der Waals surface area contributed by atoms with Gasteiger partial charge in [-0.2, -0.15) is 5.10 Å². The summed E-state index contributed by atoms with van der Waals surface area (Å²) < 4.78 is 16.3. The van der Waals surface area contributed by atoms with Crippen LogP contribution in [-0.2, 0) is 17.8 Å². The molecule has 1 aliphatic heterocycles. The van der Waals surface area contributed by atoms with E-state index >= 15 is 0 Å². The molecule has 0 saturated heterocycles. The number of nitrogens with zero attached hydrogens (tertiary/aromatic N) is 5. The maximum absolute atomic E-state index is 13.3. The van der Waals surface area contributed by atoms with Gasteiger partial charge in [0.25, 0.3) is 5.56 Å². The molecule has 1 amide bonds. The van der Waals surface area contributed by atoms with Crippen LogP contribution >= 0.6 is 0 Å². The Labute approximate surface area is 183 Å². The molecule has 32 heavy (non-hydrogen) atoms. The molecule has 4 aromatic rings. The number of amides is 1. The van der Waals surface area contributed by atoms with Gasteiger partial charge < -0.3 is 4.90 Å². The third-order valence-electron chi connectivity index (χ3n) is 5.97. The van der Waals surface area contributed by atoms with Gasteiger partial charge in [-0.3, -0.25) is 14.2 Å². The number of fused-ring (bicyclic) bond motifs is 2. The minimum atomic E-state index is -0.351. The van der Waals surface area contributed by atoms with E-state index in [0.717, 1.165) is 17.7 Å². The topological polar surface area (TPSA) is 73.0 Å². The van der Waals surface area contributed by atoms with E-state index in [-0.39, 0.29) is 36.3 Å². The number of halogens is 1. The zero-order chi connectivity index (χ0) is 22.4. The zero-order valence-corrected chi connectivity index (χ0v) is 17.8. The second-order valence-corrected chi connectivity index (χ2v) is 8.08. The van der Waals surface area contributed by atoms with E-state index in [1.807, 2.05) is 36.1 Å². The van der Waals surface area contributed by atoms with E-state index in [1.165, 1.54) is 27.6 Å².